The van der Waals surface area contributed by atoms with Crippen molar-refractivity contribution in [3.63, 3.8) is 0 Å². The first kappa shape index (κ1) is 14.2. The Morgan fingerprint density at radius 2 is 2.19 bits per heavy atom. The molecule has 0 aromatic heterocycles. The SMILES string of the molecule is C[C@@H]1CCC[NH+]([C@@H](C)C(=O)Nc2ccc3c(c2)OCO3)C1. The molecule has 0 saturated carbocycles. The number of quaternary nitrogens is 1. The average molecular weight is 291 g/mol. The highest BCUT2D eigenvalue weighted by molar-refractivity contribution is 5.93. The molecule has 1 amide bonds. The molecule has 0 radical (unpaired) electrons. The third-order valence-electron chi connectivity index (χ3n) is 4.45. The van der Waals surface area contributed by atoms with Gasteiger partial charge < -0.3 is 19.7 Å². The molecule has 1 saturated heterocycles. The van der Waals surface area contributed by atoms with E-state index in [2.05, 4.69) is 12.2 Å². The van der Waals surface area contributed by atoms with Crippen molar-refractivity contribution in [2.45, 2.75) is 32.7 Å². The number of anilines is 1. The Labute approximate surface area is 125 Å². The van der Waals surface area contributed by atoms with Gasteiger partial charge in [0.05, 0.1) is 13.1 Å². The zero-order valence-electron chi connectivity index (χ0n) is 12.6. The molecule has 1 fully saturated rings. The monoisotopic (exact) mass is 291 g/mol. The molecule has 0 spiro atoms. The second-order valence-electron chi connectivity index (χ2n) is 6.14. The van der Waals surface area contributed by atoms with Crippen molar-refractivity contribution in [1.82, 2.24) is 0 Å². The molecule has 3 atom stereocenters. The highest BCUT2D eigenvalue weighted by Gasteiger charge is 2.29. The molecule has 0 aliphatic carbocycles. The van der Waals surface area contributed by atoms with Crippen LogP contribution in [0.3, 0.4) is 0 Å². The molecule has 114 valence electrons. The predicted octanol–water partition coefficient (Wildman–Crippen LogP) is 1.06. The number of carbonyl (C=O) groups excluding carboxylic acids is 1. The molecule has 1 aromatic carbocycles. The van der Waals surface area contributed by atoms with E-state index < -0.39 is 0 Å². The minimum atomic E-state index is -0.0295. The van der Waals surface area contributed by atoms with Crippen LogP contribution in [0.25, 0.3) is 0 Å². The highest BCUT2D eigenvalue weighted by atomic mass is 16.7. The lowest BCUT2D eigenvalue weighted by Gasteiger charge is -2.31. The van der Waals surface area contributed by atoms with E-state index in [-0.39, 0.29) is 18.7 Å². The van der Waals surface area contributed by atoms with E-state index in [1.54, 1.807) is 0 Å². The van der Waals surface area contributed by atoms with Crippen LogP contribution in [-0.4, -0.2) is 31.8 Å². The molecule has 1 aromatic rings. The Bertz CT molecular complexity index is 532. The summed E-state index contributed by atoms with van der Waals surface area (Å²) in [5, 5.41) is 2.99. The summed E-state index contributed by atoms with van der Waals surface area (Å²) in [7, 11) is 0. The molecule has 5 heteroatoms. The maximum absolute atomic E-state index is 12.4. The molecule has 2 aliphatic rings. The number of hydrogen-bond donors (Lipinski definition) is 2. The number of hydrogen-bond acceptors (Lipinski definition) is 3. The predicted molar refractivity (Wildman–Crippen MR) is 79.8 cm³/mol. The zero-order chi connectivity index (χ0) is 14.8. The summed E-state index contributed by atoms with van der Waals surface area (Å²) in [6.45, 7) is 6.69. The number of carbonyl (C=O) groups is 1. The van der Waals surface area contributed by atoms with Gasteiger partial charge in [-0.25, -0.2) is 0 Å². The Balaban J connectivity index is 1.62. The lowest BCUT2D eigenvalue weighted by Crippen LogP contribution is -3.17. The summed E-state index contributed by atoms with van der Waals surface area (Å²) in [6.07, 6.45) is 2.48. The summed E-state index contributed by atoms with van der Waals surface area (Å²) in [5.41, 5.74) is 0.764. The van der Waals surface area contributed by atoms with Gasteiger partial charge in [-0.3, -0.25) is 4.79 Å². The number of piperidine rings is 1. The van der Waals surface area contributed by atoms with Gasteiger partial charge in [-0.2, -0.15) is 0 Å². The molecule has 5 nitrogen and oxygen atoms in total. The Hall–Kier alpha value is -1.75. The Morgan fingerprint density at radius 1 is 1.38 bits per heavy atom. The molecular formula is C16H23N2O3+. The first-order valence-electron chi connectivity index (χ1n) is 7.68. The fraction of sp³-hybridized carbons (Fsp3) is 0.562. The summed E-state index contributed by atoms with van der Waals surface area (Å²) >= 11 is 0. The van der Waals surface area contributed by atoms with Crippen LogP contribution in [-0.2, 0) is 4.79 Å². The fourth-order valence-electron chi connectivity index (χ4n) is 3.13. The van der Waals surface area contributed by atoms with Crippen molar-refractivity contribution in [1.29, 1.82) is 0 Å². The number of fused-ring (bicyclic) bond motifs is 1. The molecule has 0 bridgehead atoms. The number of likely N-dealkylation sites (tertiary alicyclic amines) is 1. The molecule has 21 heavy (non-hydrogen) atoms. The summed E-state index contributed by atoms with van der Waals surface area (Å²) in [6, 6.07) is 5.48. The summed E-state index contributed by atoms with van der Waals surface area (Å²) < 4.78 is 10.6. The average Bonchev–Trinajstić information content (AvgIpc) is 2.94. The van der Waals surface area contributed by atoms with E-state index in [9.17, 15) is 4.79 Å². The molecular weight excluding hydrogens is 268 g/mol. The van der Waals surface area contributed by atoms with Crippen molar-refractivity contribution in [2.24, 2.45) is 5.92 Å². The smallest absolute Gasteiger partial charge is 0.282 e. The molecule has 3 rings (SSSR count). The number of nitrogens with one attached hydrogen (secondary N) is 2. The third kappa shape index (κ3) is 3.13. The van der Waals surface area contributed by atoms with Crippen molar-refractivity contribution in [3.05, 3.63) is 18.2 Å². The van der Waals surface area contributed by atoms with Crippen LogP contribution in [0.5, 0.6) is 11.5 Å². The minimum absolute atomic E-state index is 0.0295. The third-order valence-corrected chi connectivity index (χ3v) is 4.45. The van der Waals surface area contributed by atoms with Gasteiger partial charge in [-0.05, 0) is 31.9 Å². The number of amides is 1. The van der Waals surface area contributed by atoms with E-state index in [1.165, 1.54) is 17.7 Å². The van der Waals surface area contributed by atoms with Crippen molar-refractivity contribution < 1.29 is 19.2 Å². The summed E-state index contributed by atoms with van der Waals surface area (Å²) in [4.78, 5) is 13.8. The fourth-order valence-corrected chi connectivity index (χ4v) is 3.13. The van der Waals surface area contributed by atoms with E-state index in [0.29, 0.717) is 11.7 Å². The second-order valence-corrected chi connectivity index (χ2v) is 6.14. The van der Waals surface area contributed by atoms with Crippen molar-refractivity contribution >= 4 is 11.6 Å². The largest absolute Gasteiger partial charge is 0.454 e. The molecule has 2 N–H and O–H groups in total. The van der Waals surface area contributed by atoms with Gasteiger partial charge in [-0.15, -0.1) is 0 Å². The van der Waals surface area contributed by atoms with E-state index in [0.717, 1.165) is 24.5 Å². The van der Waals surface area contributed by atoms with Crippen LogP contribution in [0, 0.1) is 5.92 Å². The summed E-state index contributed by atoms with van der Waals surface area (Å²) in [5.74, 6) is 2.20. The van der Waals surface area contributed by atoms with Crippen LogP contribution in [0.1, 0.15) is 26.7 Å². The van der Waals surface area contributed by atoms with Gasteiger partial charge in [0.2, 0.25) is 6.79 Å². The highest BCUT2D eigenvalue weighted by Crippen LogP contribution is 2.34. The normalized spacial score (nSPS) is 25.4. The van der Waals surface area contributed by atoms with E-state index in [1.807, 2.05) is 25.1 Å². The maximum atomic E-state index is 12.4. The van der Waals surface area contributed by atoms with Crippen LogP contribution in [0.15, 0.2) is 18.2 Å². The van der Waals surface area contributed by atoms with Gasteiger partial charge in [0.15, 0.2) is 17.5 Å². The number of ether oxygens (including phenoxy) is 2. The van der Waals surface area contributed by atoms with Crippen LogP contribution in [0.2, 0.25) is 0 Å². The van der Waals surface area contributed by atoms with Gasteiger partial charge in [0.25, 0.3) is 5.91 Å². The Kier molecular flexibility index (Phi) is 4.01. The molecule has 2 aliphatic heterocycles. The molecule has 1 unspecified atom stereocenters. The standard InChI is InChI=1S/C16H22N2O3/c1-11-4-3-7-18(9-11)12(2)16(19)17-13-5-6-14-15(8-13)21-10-20-14/h5-6,8,11-12H,3-4,7,9-10H2,1-2H3,(H,17,19)/p+1/t11-,12+/m1/s1. The lowest BCUT2D eigenvalue weighted by atomic mass is 9.99. The van der Waals surface area contributed by atoms with Gasteiger partial charge in [-0.1, -0.05) is 6.92 Å². The Morgan fingerprint density at radius 3 is 3.00 bits per heavy atom. The second kappa shape index (κ2) is 5.93. The van der Waals surface area contributed by atoms with Gasteiger partial charge in [0.1, 0.15) is 0 Å². The zero-order valence-corrected chi connectivity index (χ0v) is 12.6. The first-order chi connectivity index (χ1) is 10.1. The minimum Gasteiger partial charge on any atom is -0.454 e. The quantitative estimate of drug-likeness (QED) is 0.875. The maximum Gasteiger partial charge on any atom is 0.282 e. The van der Waals surface area contributed by atoms with Gasteiger partial charge >= 0.3 is 0 Å². The van der Waals surface area contributed by atoms with E-state index >= 15 is 0 Å². The van der Waals surface area contributed by atoms with E-state index in [4.69, 9.17) is 9.47 Å². The van der Waals surface area contributed by atoms with Crippen LogP contribution < -0.4 is 19.7 Å². The van der Waals surface area contributed by atoms with Crippen LogP contribution >= 0.6 is 0 Å². The number of benzene rings is 1. The number of rotatable bonds is 3. The molecule has 2 heterocycles. The topological polar surface area (TPSA) is 52.0 Å². The van der Waals surface area contributed by atoms with Crippen molar-refractivity contribution in [3.8, 4) is 11.5 Å². The van der Waals surface area contributed by atoms with Gasteiger partial charge in [0, 0.05) is 17.7 Å². The van der Waals surface area contributed by atoms with Crippen molar-refractivity contribution in [2.75, 3.05) is 25.2 Å². The lowest BCUT2D eigenvalue weighted by molar-refractivity contribution is -0.922. The first-order valence-corrected chi connectivity index (χ1v) is 7.68. The van der Waals surface area contributed by atoms with Crippen LogP contribution in [0.4, 0.5) is 5.69 Å².